The average Bonchev–Trinajstić information content (AvgIpc) is 2.73. The highest BCUT2D eigenvalue weighted by Gasteiger charge is 2.09. The quantitative estimate of drug-likeness (QED) is 0.845. The predicted octanol–water partition coefficient (Wildman–Crippen LogP) is 2.92. The van der Waals surface area contributed by atoms with Crippen LogP contribution in [0.15, 0.2) is 28.7 Å². The number of ether oxygens (including phenoxy) is 1. The van der Waals surface area contributed by atoms with Gasteiger partial charge >= 0.3 is 0 Å². The molecule has 0 fully saturated rings. The van der Waals surface area contributed by atoms with Crippen molar-refractivity contribution in [2.24, 2.45) is 0 Å². The van der Waals surface area contributed by atoms with E-state index in [0.717, 1.165) is 19.8 Å². The van der Waals surface area contributed by atoms with Gasteiger partial charge in [-0.3, -0.25) is 0 Å². The minimum absolute atomic E-state index is 0.739. The molecule has 0 atom stereocenters. The normalized spacial score (nSPS) is 15.6. The maximum absolute atomic E-state index is 5.35. The first-order valence-electron chi connectivity index (χ1n) is 5.37. The Kier molecular flexibility index (Phi) is 3.79. The molecule has 2 nitrogen and oxygen atoms in total. The lowest BCUT2D eigenvalue weighted by atomic mass is 10.0. The summed E-state index contributed by atoms with van der Waals surface area (Å²) < 4.78 is 6.52. The van der Waals surface area contributed by atoms with E-state index in [2.05, 4.69) is 59.2 Å². The molecular formula is C13H16BrNO. The highest BCUT2D eigenvalue weighted by Crippen LogP contribution is 2.25. The summed E-state index contributed by atoms with van der Waals surface area (Å²) in [7, 11) is 4.16. The molecule has 0 spiro atoms. The van der Waals surface area contributed by atoms with Gasteiger partial charge in [0.05, 0.1) is 13.2 Å². The molecule has 3 heteroatoms. The first-order valence-corrected chi connectivity index (χ1v) is 6.16. The summed E-state index contributed by atoms with van der Waals surface area (Å²) in [6, 6.07) is 6.50. The molecule has 1 aromatic rings. The summed E-state index contributed by atoms with van der Waals surface area (Å²) in [4.78, 5) is 2.17. The number of hydrogen-bond acceptors (Lipinski definition) is 2. The van der Waals surface area contributed by atoms with Crippen molar-refractivity contribution in [3.8, 4) is 0 Å². The Labute approximate surface area is 105 Å². The second-order valence-electron chi connectivity index (χ2n) is 4.29. The number of hydrogen-bond donors (Lipinski definition) is 0. The van der Waals surface area contributed by atoms with Crippen molar-refractivity contribution in [3.05, 3.63) is 39.9 Å². The van der Waals surface area contributed by atoms with Crippen molar-refractivity contribution in [3.63, 3.8) is 0 Å². The van der Waals surface area contributed by atoms with Crippen LogP contribution in [0, 0.1) is 0 Å². The SMILES string of the molecule is CN(C)Cc1cc(C2=CCOC2)ccc1Br. The van der Waals surface area contributed by atoms with Crippen LogP contribution in [-0.4, -0.2) is 32.2 Å². The summed E-state index contributed by atoms with van der Waals surface area (Å²) in [6.45, 7) is 2.43. The van der Waals surface area contributed by atoms with E-state index < -0.39 is 0 Å². The van der Waals surface area contributed by atoms with Gasteiger partial charge in [-0.15, -0.1) is 0 Å². The van der Waals surface area contributed by atoms with E-state index in [-0.39, 0.29) is 0 Å². The molecule has 0 bridgehead atoms. The van der Waals surface area contributed by atoms with E-state index in [0.29, 0.717) is 0 Å². The molecule has 1 aromatic carbocycles. The van der Waals surface area contributed by atoms with Crippen LogP contribution in [0.25, 0.3) is 5.57 Å². The standard InChI is InChI=1S/C13H16BrNO/c1-15(2)8-12-7-10(3-4-13(12)14)11-5-6-16-9-11/h3-5,7H,6,8-9H2,1-2H3. The molecule has 0 N–H and O–H groups in total. The maximum atomic E-state index is 5.35. The van der Waals surface area contributed by atoms with Crippen molar-refractivity contribution in [1.29, 1.82) is 0 Å². The van der Waals surface area contributed by atoms with Crippen molar-refractivity contribution in [2.75, 3.05) is 27.3 Å². The van der Waals surface area contributed by atoms with Crippen molar-refractivity contribution >= 4 is 21.5 Å². The fourth-order valence-electron chi connectivity index (χ4n) is 1.82. The Morgan fingerprint density at radius 1 is 1.38 bits per heavy atom. The molecule has 0 saturated carbocycles. The fourth-order valence-corrected chi connectivity index (χ4v) is 2.20. The van der Waals surface area contributed by atoms with Crippen molar-refractivity contribution in [1.82, 2.24) is 4.90 Å². The van der Waals surface area contributed by atoms with Crippen LogP contribution in [0.3, 0.4) is 0 Å². The molecule has 0 radical (unpaired) electrons. The zero-order valence-electron chi connectivity index (χ0n) is 9.66. The molecule has 86 valence electrons. The van der Waals surface area contributed by atoms with E-state index in [4.69, 9.17) is 4.74 Å². The van der Waals surface area contributed by atoms with Gasteiger partial charge in [0.1, 0.15) is 0 Å². The second kappa shape index (κ2) is 5.13. The van der Waals surface area contributed by atoms with Crippen LogP contribution < -0.4 is 0 Å². The lowest BCUT2D eigenvalue weighted by Crippen LogP contribution is -2.11. The van der Waals surface area contributed by atoms with Gasteiger partial charge < -0.3 is 9.64 Å². The molecule has 1 aliphatic heterocycles. The van der Waals surface area contributed by atoms with Gasteiger partial charge in [-0.1, -0.05) is 28.1 Å². The lowest BCUT2D eigenvalue weighted by molar-refractivity contribution is 0.216. The average molecular weight is 282 g/mol. The van der Waals surface area contributed by atoms with E-state index in [1.54, 1.807) is 0 Å². The van der Waals surface area contributed by atoms with Crippen LogP contribution in [0.1, 0.15) is 11.1 Å². The Balaban J connectivity index is 2.27. The molecular weight excluding hydrogens is 266 g/mol. The zero-order valence-corrected chi connectivity index (χ0v) is 11.3. The Morgan fingerprint density at radius 3 is 2.81 bits per heavy atom. The zero-order chi connectivity index (χ0) is 11.5. The number of nitrogens with zero attached hydrogens (tertiary/aromatic N) is 1. The maximum Gasteiger partial charge on any atom is 0.0724 e. The van der Waals surface area contributed by atoms with Gasteiger partial charge in [0.25, 0.3) is 0 Å². The van der Waals surface area contributed by atoms with Crippen LogP contribution in [0.5, 0.6) is 0 Å². The third kappa shape index (κ3) is 2.73. The monoisotopic (exact) mass is 281 g/mol. The predicted molar refractivity (Wildman–Crippen MR) is 70.3 cm³/mol. The summed E-state index contributed by atoms with van der Waals surface area (Å²) in [5.41, 5.74) is 3.89. The fraction of sp³-hybridized carbons (Fsp3) is 0.385. The summed E-state index contributed by atoms with van der Waals surface area (Å²) in [6.07, 6.45) is 2.16. The largest absolute Gasteiger partial charge is 0.373 e. The van der Waals surface area contributed by atoms with Gasteiger partial charge in [0, 0.05) is 11.0 Å². The summed E-state index contributed by atoms with van der Waals surface area (Å²) in [5.74, 6) is 0. The first kappa shape index (κ1) is 11.8. The minimum Gasteiger partial charge on any atom is -0.373 e. The smallest absolute Gasteiger partial charge is 0.0724 e. The molecule has 1 heterocycles. The first-order chi connectivity index (χ1) is 7.66. The molecule has 0 unspecified atom stereocenters. The Morgan fingerprint density at radius 2 is 2.19 bits per heavy atom. The third-order valence-corrected chi connectivity index (χ3v) is 3.38. The van der Waals surface area contributed by atoms with Gasteiger partial charge in [-0.25, -0.2) is 0 Å². The molecule has 1 aliphatic rings. The number of halogens is 1. The summed E-state index contributed by atoms with van der Waals surface area (Å²) >= 11 is 3.59. The Hall–Kier alpha value is -0.640. The molecule has 0 saturated heterocycles. The van der Waals surface area contributed by atoms with Gasteiger partial charge in [0.15, 0.2) is 0 Å². The molecule has 0 aliphatic carbocycles. The highest BCUT2D eigenvalue weighted by molar-refractivity contribution is 9.10. The van der Waals surface area contributed by atoms with Crippen LogP contribution >= 0.6 is 15.9 Å². The molecule has 0 aromatic heterocycles. The van der Waals surface area contributed by atoms with E-state index >= 15 is 0 Å². The third-order valence-electron chi connectivity index (χ3n) is 2.61. The number of rotatable bonds is 3. The highest BCUT2D eigenvalue weighted by atomic mass is 79.9. The van der Waals surface area contributed by atoms with Crippen molar-refractivity contribution < 1.29 is 4.74 Å². The molecule has 2 rings (SSSR count). The van der Waals surface area contributed by atoms with E-state index in [9.17, 15) is 0 Å². The van der Waals surface area contributed by atoms with Crippen LogP contribution in [0.4, 0.5) is 0 Å². The Bertz CT molecular complexity index is 412. The van der Waals surface area contributed by atoms with E-state index in [1.807, 2.05) is 0 Å². The number of benzene rings is 1. The van der Waals surface area contributed by atoms with Gasteiger partial charge in [-0.2, -0.15) is 0 Å². The topological polar surface area (TPSA) is 12.5 Å². The van der Waals surface area contributed by atoms with Gasteiger partial charge in [0.2, 0.25) is 0 Å². The minimum atomic E-state index is 0.739. The molecule has 0 amide bonds. The van der Waals surface area contributed by atoms with Crippen molar-refractivity contribution in [2.45, 2.75) is 6.54 Å². The van der Waals surface area contributed by atoms with Gasteiger partial charge in [-0.05, 0) is 42.9 Å². The van der Waals surface area contributed by atoms with Crippen LogP contribution in [-0.2, 0) is 11.3 Å². The van der Waals surface area contributed by atoms with Crippen LogP contribution in [0.2, 0.25) is 0 Å². The molecule has 16 heavy (non-hydrogen) atoms. The van der Waals surface area contributed by atoms with E-state index in [1.165, 1.54) is 21.2 Å². The summed E-state index contributed by atoms with van der Waals surface area (Å²) in [5, 5.41) is 0. The lowest BCUT2D eigenvalue weighted by Gasteiger charge is -2.13. The second-order valence-corrected chi connectivity index (χ2v) is 5.14.